The monoisotopic (exact) mass is 238 g/mol. The van der Waals surface area contributed by atoms with Crippen molar-refractivity contribution >= 4 is 12.6 Å². The molecular weight excluding hydrogens is 216 g/mol. The predicted octanol–water partition coefficient (Wildman–Crippen LogP) is 3.00. The van der Waals surface area contributed by atoms with Gasteiger partial charge in [0.25, 0.3) is 0 Å². The van der Waals surface area contributed by atoms with E-state index in [9.17, 15) is 0 Å². The number of unbranched alkanes of at least 4 members (excludes halogenated alkanes) is 2. The summed E-state index contributed by atoms with van der Waals surface area (Å²) in [6, 6.07) is 4.19. The minimum Gasteiger partial charge on any atom is -0.299 e. The normalized spacial score (nSPS) is 10.9. The lowest BCUT2D eigenvalue weighted by atomic mass is 10.2. The number of rotatable bonds is 8. The third-order valence-corrected chi connectivity index (χ3v) is 3.05. The molecule has 0 aliphatic rings. The molecule has 0 atom stereocenters. The van der Waals surface area contributed by atoms with Crippen LogP contribution in [0.3, 0.4) is 0 Å². The summed E-state index contributed by atoms with van der Waals surface area (Å²) >= 11 is 4.23. The molecule has 1 heterocycles. The number of pyridine rings is 1. The molecular formula is C13H22N2S. The van der Waals surface area contributed by atoms with Gasteiger partial charge in [-0.05, 0) is 49.4 Å². The van der Waals surface area contributed by atoms with Crippen LogP contribution < -0.4 is 0 Å². The first-order valence-electron chi connectivity index (χ1n) is 6.09. The third-order valence-electron chi connectivity index (χ3n) is 2.74. The zero-order chi connectivity index (χ0) is 11.6. The van der Waals surface area contributed by atoms with Crippen molar-refractivity contribution in [2.75, 3.05) is 18.8 Å². The van der Waals surface area contributed by atoms with Crippen molar-refractivity contribution in [1.29, 1.82) is 0 Å². The first-order valence-corrected chi connectivity index (χ1v) is 6.72. The summed E-state index contributed by atoms with van der Waals surface area (Å²) in [6.07, 6.45) is 7.53. The molecule has 1 aromatic heterocycles. The van der Waals surface area contributed by atoms with Crippen molar-refractivity contribution < 1.29 is 0 Å². The molecule has 2 nitrogen and oxygen atoms in total. The number of thiol groups is 1. The zero-order valence-electron chi connectivity index (χ0n) is 10.1. The zero-order valence-corrected chi connectivity index (χ0v) is 11.0. The Morgan fingerprint density at radius 1 is 1.19 bits per heavy atom. The molecule has 0 unspecified atom stereocenters. The van der Waals surface area contributed by atoms with Crippen LogP contribution in [0.25, 0.3) is 0 Å². The maximum Gasteiger partial charge on any atom is 0.0271 e. The van der Waals surface area contributed by atoms with Crippen molar-refractivity contribution in [3.05, 3.63) is 30.1 Å². The molecule has 1 rings (SSSR count). The Labute approximate surface area is 104 Å². The molecule has 3 heteroatoms. The molecule has 0 aliphatic carbocycles. The van der Waals surface area contributed by atoms with E-state index in [2.05, 4.69) is 41.6 Å². The maximum absolute atomic E-state index is 4.23. The fraction of sp³-hybridized carbons (Fsp3) is 0.615. The van der Waals surface area contributed by atoms with E-state index >= 15 is 0 Å². The molecule has 0 amide bonds. The summed E-state index contributed by atoms with van der Waals surface area (Å²) in [7, 11) is 0. The predicted molar refractivity (Wildman–Crippen MR) is 72.9 cm³/mol. The Balaban J connectivity index is 2.26. The van der Waals surface area contributed by atoms with Crippen molar-refractivity contribution in [3.63, 3.8) is 0 Å². The van der Waals surface area contributed by atoms with Crippen LogP contribution in [-0.2, 0) is 6.54 Å². The highest BCUT2D eigenvalue weighted by atomic mass is 32.1. The number of hydrogen-bond acceptors (Lipinski definition) is 3. The Bertz CT molecular complexity index is 264. The largest absolute Gasteiger partial charge is 0.299 e. The topological polar surface area (TPSA) is 16.1 Å². The van der Waals surface area contributed by atoms with Crippen molar-refractivity contribution in [2.45, 2.75) is 32.7 Å². The Morgan fingerprint density at radius 2 is 1.94 bits per heavy atom. The van der Waals surface area contributed by atoms with E-state index in [0.29, 0.717) is 0 Å². The lowest BCUT2D eigenvalue weighted by molar-refractivity contribution is 0.273. The van der Waals surface area contributed by atoms with Crippen LogP contribution >= 0.6 is 12.6 Å². The van der Waals surface area contributed by atoms with Gasteiger partial charge < -0.3 is 0 Å². The van der Waals surface area contributed by atoms with Gasteiger partial charge in [-0.1, -0.05) is 13.3 Å². The second kappa shape index (κ2) is 8.59. The minimum absolute atomic E-state index is 1.01. The molecule has 0 bridgehead atoms. The highest BCUT2D eigenvalue weighted by molar-refractivity contribution is 7.80. The molecule has 0 N–H and O–H groups in total. The van der Waals surface area contributed by atoms with Gasteiger partial charge in [0, 0.05) is 18.9 Å². The van der Waals surface area contributed by atoms with Crippen LogP contribution in [-0.4, -0.2) is 28.7 Å². The summed E-state index contributed by atoms with van der Waals surface area (Å²) in [5.74, 6) is 1.01. The fourth-order valence-corrected chi connectivity index (χ4v) is 1.94. The van der Waals surface area contributed by atoms with Gasteiger partial charge in [0.05, 0.1) is 0 Å². The highest BCUT2D eigenvalue weighted by Gasteiger charge is 2.02. The Kier molecular flexibility index (Phi) is 7.26. The third kappa shape index (κ3) is 5.52. The van der Waals surface area contributed by atoms with E-state index < -0.39 is 0 Å². The lowest BCUT2D eigenvalue weighted by Gasteiger charge is -2.20. The van der Waals surface area contributed by atoms with E-state index in [1.165, 1.54) is 31.4 Å². The van der Waals surface area contributed by atoms with Gasteiger partial charge in [-0.15, -0.1) is 0 Å². The maximum atomic E-state index is 4.23. The van der Waals surface area contributed by atoms with Gasteiger partial charge in [-0.3, -0.25) is 9.88 Å². The van der Waals surface area contributed by atoms with E-state index in [1.807, 2.05) is 12.4 Å². The smallest absolute Gasteiger partial charge is 0.0271 e. The van der Waals surface area contributed by atoms with Gasteiger partial charge in [-0.25, -0.2) is 0 Å². The molecule has 0 fully saturated rings. The molecule has 90 valence electrons. The molecule has 0 aromatic carbocycles. The van der Waals surface area contributed by atoms with Crippen LogP contribution in [0.2, 0.25) is 0 Å². The summed E-state index contributed by atoms with van der Waals surface area (Å²) < 4.78 is 0. The molecule has 1 aromatic rings. The first-order chi connectivity index (χ1) is 7.86. The van der Waals surface area contributed by atoms with Crippen LogP contribution in [0.5, 0.6) is 0 Å². The van der Waals surface area contributed by atoms with E-state index in [4.69, 9.17) is 0 Å². The van der Waals surface area contributed by atoms with Gasteiger partial charge in [0.15, 0.2) is 0 Å². The number of hydrogen-bond donors (Lipinski definition) is 1. The molecule has 16 heavy (non-hydrogen) atoms. The van der Waals surface area contributed by atoms with Gasteiger partial charge >= 0.3 is 0 Å². The molecule has 0 radical (unpaired) electrons. The van der Waals surface area contributed by atoms with Gasteiger partial charge in [0.1, 0.15) is 0 Å². The van der Waals surface area contributed by atoms with Crippen LogP contribution in [0, 0.1) is 0 Å². The van der Waals surface area contributed by atoms with E-state index in [-0.39, 0.29) is 0 Å². The van der Waals surface area contributed by atoms with Crippen molar-refractivity contribution in [3.8, 4) is 0 Å². The SMILES string of the molecule is CCN(CCCCCS)Cc1ccncc1. The summed E-state index contributed by atoms with van der Waals surface area (Å²) in [5.41, 5.74) is 1.35. The lowest BCUT2D eigenvalue weighted by Crippen LogP contribution is -2.24. The second-order valence-corrected chi connectivity index (χ2v) is 4.46. The minimum atomic E-state index is 1.01. The molecule has 0 spiro atoms. The Hall–Kier alpha value is -0.540. The van der Waals surface area contributed by atoms with Crippen molar-refractivity contribution in [2.24, 2.45) is 0 Å². The number of aromatic nitrogens is 1. The average molecular weight is 238 g/mol. The fourth-order valence-electron chi connectivity index (χ4n) is 1.72. The summed E-state index contributed by atoms with van der Waals surface area (Å²) in [5, 5.41) is 0. The van der Waals surface area contributed by atoms with E-state index in [1.54, 1.807) is 0 Å². The Morgan fingerprint density at radius 3 is 2.56 bits per heavy atom. The summed E-state index contributed by atoms with van der Waals surface area (Å²) in [6.45, 7) is 5.56. The molecule has 0 saturated carbocycles. The van der Waals surface area contributed by atoms with Crippen LogP contribution in [0.15, 0.2) is 24.5 Å². The van der Waals surface area contributed by atoms with Gasteiger partial charge in [0.2, 0.25) is 0 Å². The highest BCUT2D eigenvalue weighted by Crippen LogP contribution is 2.05. The van der Waals surface area contributed by atoms with Crippen molar-refractivity contribution in [1.82, 2.24) is 9.88 Å². The number of nitrogens with zero attached hydrogens (tertiary/aromatic N) is 2. The standard InChI is InChI=1S/C13H22N2S/c1-2-15(10-4-3-5-11-16)12-13-6-8-14-9-7-13/h6-9,16H,2-5,10-12H2,1H3. The second-order valence-electron chi connectivity index (χ2n) is 4.01. The van der Waals surface area contributed by atoms with Gasteiger partial charge in [-0.2, -0.15) is 12.6 Å². The molecule has 0 aliphatic heterocycles. The average Bonchev–Trinajstić information content (AvgIpc) is 2.34. The van der Waals surface area contributed by atoms with E-state index in [0.717, 1.165) is 18.8 Å². The summed E-state index contributed by atoms with van der Waals surface area (Å²) in [4.78, 5) is 6.52. The molecule has 0 saturated heterocycles. The van der Waals surface area contributed by atoms with Crippen LogP contribution in [0.4, 0.5) is 0 Å². The quantitative estimate of drug-likeness (QED) is 0.553. The first kappa shape index (κ1) is 13.5. The van der Waals surface area contributed by atoms with Crippen LogP contribution in [0.1, 0.15) is 31.7 Å².